The number of phosphoric acid groups is 1. The van der Waals surface area contributed by atoms with Crippen LogP contribution in [0, 0.1) is 0 Å². The topological polar surface area (TPSA) is 108 Å². The number of unbranched alkanes of at least 4 members (excludes halogenated alkanes) is 16. The van der Waals surface area contributed by atoms with E-state index in [1.165, 1.54) is 70.6 Å². The minimum atomic E-state index is -4.56. The number of hydrogen-bond acceptors (Lipinski definition) is 6. The lowest BCUT2D eigenvalue weighted by Gasteiger charge is -2.30. The van der Waals surface area contributed by atoms with Crippen LogP contribution in [0.4, 0.5) is 0 Å². The molecule has 336 valence electrons. The number of phosphoric ester groups is 1. The summed E-state index contributed by atoms with van der Waals surface area (Å²) in [5.74, 6) is -0.180. The van der Waals surface area contributed by atoms with Crippen LogP contribution in [0.25, 0.3) is 0 Å². The highest BCUT2D eigenvalue weighted by Gasteiger charge is 2.24. The molecule has 0 rings (SSSR count). The lowest BCUT2D eigenvalue weighted by atomic mass is 10.0. The van der Waals surface area contributed by atoms with Crippen LogP contribution >= 0.6 is 7.82 Å². The summed E-state index contributed by atoms with van der Waals surface area (Å²) in [6.07, 6.45) is 53.5. The number of carbonyl (C=O) groups excluding carboxylic acids is 1. The van der Waals surface area contributed by atoms with Gasteiger partial charge in [-0.2, -0.15) is 0 Å². The zero-order valence-corrected chi connectivity index (χ0v) is 38.9. The molecule has 0 aliphatic heterocycles. The highest BCUT2D eigenvalue weighted by Crippen LogP contribution is 2.38. The van der Waals surface area contributed by atoms with Crippen LogP contribution in [-0.2, 0) is 18.4 Å². The standard InChI is InChI=1S/C49H89N2O6P/c1-6-8-10-12-14-16-17-18-19-20-21-22-23-24-25-26-27-28-29-30-31-32-33-35-37-39-41-43-49(53)50-47(46-57-58(54,55)56-45-44-51(3,4)5)48(52)42-40-38-36-34-15-13-11-9-7-2/h8,10,14,16,18-19,21-22,24-25,27-28,47-48,52H,6-7,9,11-13,15,17,20,23,26,29-46H2,1-5H3,(H-,50,53,54,55)/b10-8-,16-14-,19-18-,22-21-,25-24-,28-27-. The van der Waals surface area contributed by atoms with Crippen molar-refractivity contribution in [2.75, 3.05) is 40.9 Å². The third kappa shape index (κ3) is 42.1. The molecule has 3 atom stereocenters. The first kappa shape index (κ1) is 55.9. The van der Waals surface area contributed by atoms with E-state index in [1.807, 2.05) is 21.1 Å². The van der Waals surface area contributed by atoms with Gasteiger partial charge in [0.2, 0.25) is 5.91 Å². The molecule has 9 heteroatoms. The fourth-order valence-electron chi connectivity index (χ4n) is 6.28. The molecule has 0 aliphatic rings. The Labute approximate surface area is 357 Å². The van der Waals surface area contributed by atoms with Gasteiger partial charge in [-0.15, -0.1) is 0 Å². The number of allylic oxidation sites excluding steroid dienone is 12. The van der Waals surface area contributed by atoms with E-state index in [1.54, 1.807) is 0 Å². The van der Waals surface area contributed by atoms with E-state index in [-0.39, 0.29) is 19.1 Å². The second kappa shape index (κ2) is 40.4. The van der Waals surface area contributed by atoms with Gasteiger partial charge >= 0.3 is 0 Å². The van der Waals surface area contributed by atoms with Crippen LogP contribution in [0.15, 0.2) is 72.9 Å². The van der Waals surface area contributed by atoms with Crippen molar-refractivity contribution in [3.8, 4) is 0 Å². The van der Waals surface area contributed by atoms with Gasteiger partial charge in [-0.3, -0.25) is 9.36 Å². The number of quaternary nitrogens is 1. The highest BCUT2D eigenvalue weighted by molar-refractivity contribution is 7.45. The van der Waals surface area contributed by atoms with Crippen molar-refractivity contribution in [3.63, 3.8) is 0 Å². The second-order valence-corrected chi connectivity index (χ2v) is 18.1. The van der Waals surface area contributed by atoms with Gasteiger partial charge in [0, 0.05) is 6.42 Å². The Morgan fingerprint density at radius 3 is 1.53 bits per heavy atom. The summed E-state index contributed by atoms with van der Waals surface area (Å²) in [4.78, 5) is 25.3. The molecule has 0 spiro atoms. The summed E-state index contributed by atoms with van der Waals surface area (Å²) in [6, 6.07) is -0.807. The molecular weight excluding hydrogens is 744 g/mol. The van der Waals surface area contributed by atoms with Crippen molar-refractivity contribution in [2.24, 2.45) is 0 Å². The number of nitrogens with one attached hydrogen (secondary N) is 1. The lowest BCUT2D eigenvalue weighted by Crippen LogP contribution is -2.46. The smallest absolute Gasteiger partial charge is 0.268 e. The van der Waals surface area contributed by atoms with Crippen LogP contribution in [0.5, 0.6) is 0 Å². The molecule has 0 aromatic rings. The zero-order valence-electron chi connectivity index (χ0n) is 38.0. The van der Waals surface area contributed by atoms with Gasteiger partial charge in [0.25, 0.3) is 7.82 Å². The van der Waals surface area contributed by atoms with Gasteiger partial charge in [-0.25, -0.2) is 0 Å². The molecule has 0 fully saturated rings. The highest BCUT2D eigenvalue weighted by atomic mass is 31.2. The molecule has 2 N–H and O–H groups in total. The minimum absolute atomic E-state index is 0.00657. The number of likely N-dealkylation sites (N-methyl/N-ethyl adjacent to an activating group) is 1. The Morgan fingerprint density at radius 2 is 1.05 bits per heavy atom. The van der Waals surface area contributed by atoms with E-state index in [2.05, 4.69) is 92.1 Å². The minimum Gasteiger partial charge on any atom is -0.756 e. The van der Waals surface area contributed by atoms with Gasteiger partial charge < -0.3 is 28.8 Å². The maximum atomic E-state index is 12.9. The van der Waals surface area contributed by atoms with E-state index in [9.17, 15) is 19.4 Å². The van der Waals surface area contributed by atoms with E-state index in [4.69, 9.17) is 9.05 Å². The van der Waals surface area contributed by atoms with E-state index in [0.29, 0.717) is 23.9 Å². The molecule has 0 heterocycles. The Hall–Kier alpha value is -2.06. The number of aliphatic hydroxyl groups excluding tert-OH is 1. The summed E-state index contributed by atoms with van der Waals surface area (Å²) in [6.45, 7) is 4.55. The Kier molecular flexibility index (Phi) is 38.9. The summed E-state index contributed by atoms with van der Waals surface area (Å²) in [5, 5.41) is 13.8. The SMILES string of the molecule is CC/C=C\C/C=C\C/C=C\C/C=C\C/C=C\C/C=C\CCCCCCCCCCC(=O)NC(COP(=O)([O-])OCC[N+](C)(C)C)C(O)CCCCCCCCCCC. The molecular formula is C49H89N2O6P. The van der Waals surface area contributed by atoms with Crippen molar-refractivity contribution < 1.29 is 32.9 Å². The summed E-state index contributed by atoms with van der Waals surface area (Å²) >= 11 is 0. The summed E-state index contributed by atoms with van der Waals surface area (Å²) in [5.41, 5.74) is 0. The van der Waals surface area contributed by atoms with Crippen LogP contribution in [-0.4, -0.2) is 68.5 Å². The predicted octanol–water partition coefficient (Wildman–Crippen LogP) is 12.6. The summed E-state index contributed by atoms with van der Waals surface area (Å²) in [7, 11) is 1.28. The molecule has 0 radical (unpaired) electrons. The number of carbonyl (C=O) groups is 1. The second-order valence-electron chi connectivity index (χ2n) is 16.7. The molecule has 8 nitrogen and oxygen atoms in total. The van der Waals surface area contributed by atoms with Crippen molar-refractivity contribution >= 4 is 13.7 Å². The first-order valence-corrected chi connectivity index (χ1v) is 24.7. The zero-order chi connectivity index (χ0) is 42.8. The van der Waals surface area contributed by atoms with E-state index < -0.39 is 20.0 Å². The van der Waals surface area contributed by atoms with E-state index >= 15 is 0 Å². The Bertz CT molecular complexity index is 1170. The van der Waals surface area contributed by atoms with Crippen LogP contribution in [0.3, 0.4) is 0 Å². The van der Waals surface area contributed by atoms with Gasteiger partial charge in [-0.05, 0) is 64.2 Å². The Balaban J connectivity index is 4.19. The lowest BCUT2D eigenvalue weighted by molar-refractivity contribution is -0.870. The van der Waals surface area contributed by atoms with Crippen LogP contribution in [0.2, 0.25) is 0 Å². The number of aliphatic hydroxyl groups is 1. The molecule has 0 saturated heterocycles. The molecule has 58 heavy (non-hydrogen) atoms. The van der Waals surface area contributed by atoms with Crippen molar-refractivity contribution in [1.82, 2.24) is 5.32 Å². The number of nitrogens with zero attached hydrogens (tertiary/aromatic N) is 1. The van der Waals surface area contributed by atoms with Crippen molar-refractivity contribution in [3.05, 3.63) is 72.9 Å². The Morgan fingerprint density at radius 1 is 0.621 bits per heavy atom. The molecule has 0 saturated carbocycles. The molecule has 0 aromatic heterocycles. The first-order valence-electron chi connectivity index (χ1n) is 23.3. The number of hydrogen-bond donors (Lipinski definition) is 2. The third-order valence-corrected chi connectivity index (χ3v) is 10.9. The molecule has 0 aromatic carbocycles. The maximum absolute atomic E-state index is 12.9. The fraction of sp³-hybridized carbons (Fsp3) is 0.735. The maximum Gasteiger partial charge on any atom is 0.268 e. The van der Waals surface area contributed by atoms with Gasteiger partial charge in [0.15, 0.2) is 0 Å². The average molecular weight is 833 g/mol. The van der Waals surface area contributed by atoms with Gasteiger partial charge in [-0.1, -0.05) is 183 Å². The fourth-order valence-corrected chi connectivity index (χ4v) is 7.00. The van der Waals surface area contributed by atoms with Crippen molar-refractivity contribution in [1.29, 1.82) is 0 Å². The van der Waals surface area contributed by atoms with Crippen molar-refractivity contribution in [2.45, 2.75) is 193 Å². The quantitative estimate of drug-likeness (QED) is 0.0275. The molecule has 3 unspecified atom stereocenters. The van der Waals surface area contributed by atoms with Crippen LogP contribution in [0.1, 0.15) is 181 Å². The summed E-state index contributed by atoms with van der Waals surface area (Å²) < 4.78 is 23.2. The van der Waals surface area contributed by atoms with E-state index in [0.717, 1.165) is 83.5 Å². The predicted molar refractivity (Wildman–Crippen MR) is 247 cm³/mol. The van der Waals surface area contributed by atoms with Crippen LogP contribution < -0.4 is 10.2 Å². The number of rotatable bonds is 41. The monoisotopic (exact) mass is 833 g/mol. The average Bonchev–Trinajstić information content (AvgIpc) is 3.17. The van der Waals surface area contributed by atoms with Gasteiger partial charge in [0.1, 0.15) is 13.2 Å². The normalized spacial score (nSPS) is 14.9. The molecule has 0 bridgehead atoms. The third-order valence-electron chi connectivity index (χ3n) is 9.96. The van der Waals surface area contributed by atoms with Gasteiger partial charge in [0.05, 0.1) is 39.9 Å². The largest absolute Gasteiger partial charge is 0.756 e. The molecule has 0 aliphatic carbocycles. The number of amides is 1. The molecule has 1 amide bonds. The first-order chi connectivity index (χ1) is 28.0.